The number of halogens is 2. The van der Waals surface area contributed by atoms with Crippen molar-refractivity contribution in [3.05, 3.63) is 79.9 Å². The predicted octanol–water partition coefficient (Wildman–Crippen LogP) is 5.68. The van der Waals surface area contributed by atoms with Gasteiger partial charge in [0.15, 0.2) is 5.11 Å². The lowest BCUT2D eigenvalue weighted by molar-refractivity contribution is 0.0978. The largest absolute Gasteiger partial charge is 0.332 e. The average Bonchev–Trinajstić information content (AvgIpc) is 3.18. The number of anilines is 1. The molecule has 2 N–H and O–H groups in total. The van der Waals surface area contributed by atoms with Crippen LogP contribution in [0, 0.1) is 10.5 Å². The molecule has 0 aliphatic heterocycles. The van der Waals surface area contributed by atoms with Crippen molar-refractivity contribution in [1.29, 1.82) is 0 Å². The molecular weight excluding hydrogens is 557 g/mol. The summed E-state index contributed by atoms with van der Waals surface area (Å²) >= 11 is 13.6. The molecular formula is C23H19ClIN5OS. The summed E-state index contributed by atoms with van der Waals surface area (Å²) < 4.78 is 0.907. The minimum Gasteiger partial charge on any atom is -0.332 e. The highest BCUT2D eigenvalue weighted by molar-refractivity contribution is 14.1. The van der Waals surface area contributed by atoms with Crippen LogP contribution in [0.3, 0.4) is 0 Å². The minimum atomic E-state index is -0.369. The molecule has 0 bridgehead atoms. The molecule has 1 amide bonds. The molecule has 3 aromatic carbocycles. The highest BCUT2D eigenvalue weighted by atomic mass is 127. The highest BCUT2D eigenvalue weighted by Crippen LogP contribution is 2.23. The van der Waals surface area contributed by atoms with E-state index >= 15 is 0 Å². The van der Waals surface area contributed by atoms with Gasteiger partial charge in [0, 0.05) is 9.26 Å². The molecule has 162 valence electrons. The number of nitrogens with zero attached hydrogens (tertiary/aromatic N) is 3. The molecule has 9 heteroatoms. The molecule has 0 saturated carbocycles. The number of fused-ring (bicyclic) bond motifs is 1. The van der Waals surface area contributed by atoms with E-state index in [4.69, 9.17) is 23.8 Å². The van der Waals surface area contributed by atoms with Crippen LogP contribution in [-0.2, 0) is 6.42 Å². The van der Waals surface area contributed by atoms with E-state index in [2.05, 4.69) is 62.5 Å². The molecule has 0 fully saturated rings. The maximum Gasteiger partial charge on any atom is 0.258 e. The number of hydrogen-bond donors (Lipinski definition) is 2. The van der Waals surface area contributed by atoms with Crippen molar-refractivity contribution in [2.24, 2.45) is 0 Å². The molecule has 0 aliphatic carbocycles. The Balaban J connectivity index is 1.53. The van der Waals surface area contributed by atoms with Gasteiger partial charge in [-0.15, -0.1) is 10.2 Å². The first kappa shape index (κ1) is 22.6. The van der Waals surface area contributed by atoms with Crippen molar-refractivity contribution in [1.82, 2.24) is 20.3 Å². The van der Waals surface area contributed by atoms with E-state index < -0.39 is 0 Å². The predicted molar refractivity (Wildman–Crippen MR) is 141 cm³/mol. The number of hydrogen-bond acceptors (Lipinski definition) is 4. The van der Waals surface area contributed by atoms with Crippen LogP contribution in [0.5, 0.6) is 0 Å². The molecule has 1 heterocycles. The fourth-order valence-electron chi connectivity index (χ4n) is 3.18. The van der Waals surface area contributed by atoms with E-state index in [-0.39, 0.29) is 11.0 Å². The molecule has 0 unspecified atom stereocenters. The molecule has 0 spiro atoms. The van der Waals surface area contributed by atoms with Gasteiger partial charge in [-0.05, 0) is 102 Å². The second kappa shape index (κ2) is 9.51. The van der Waals surface area contributed by atoms with Crippen molar-refractivity contribution < 1.29 is 4.79 Å². The Morgan fingerprint density at radius 2 is 1.78 bits per heavy atom. The number of nitrogens with one attached hydrogen (secondary N) is 2. The Hall–Kier alpha value is -2.56. The third kappa shape index (κ3) is 4.92. The molecule has 1 aromatic heterocycles. The maximum absolute atomic E-state index is 12.6. The van der Waals surface area contributed by atoms with Crippen molar-refractivity contribution >= 4 is 74.2 Å². The fraction of sp³-hybridized carbons (Fsp3) is 0.130. The van der Waals surface area contributed by atoms with Gasteiger partial charge in [0.25, 0.3) is 5.91 Å². The van der Waals surface area contributed by atoms with Gasteiger partial charge in [-0.3, -0.25) is 10.1 Å². The Labute approximate surface area is 209 Å². The number of carbonyl (C=O) groups is 1. The number of rotatable bonds is 4. The second-order valence-electron chi connectivity index (χ2n) is 7.20. The zero-order valence-corrected chi connectivity index (χ0v) is 21.0. The van der Waals surface area contributed by atoms with Gasteiger partial charge < -0.3 is 5.32 Å². The lowest BCUT2D eigenvalue weighted by Gasteiger charge is -2.12. The number of carbonyl (C=O) groups excluding carboxylic acids is 1. The second-order valence-corrected chi connectivity index (χ2v) is 9.26. The van der Waals surface area contributed by atoms with Crippen molar-refractivity contribution in [3.8, 4) is 5.69 Å². The summed E-state index contributed by atoms with van der Waals surface area (Å²) in [5, 5.41) is 15.5. The van der Waals surface area contributed by atoms with E-state index in [1.165, 1.54) is 5.56 Å². The minimum absolute atomic E-state index is 0.176. The van der Waals surface area contributed by atoms with E-state index in [1.54, 1.807) is 16.9 Å². The average molecular weight is 576 g/mol. The third-order valence-corrected chi connectivity index (χ3v) is 6.15. The standard InChI is InChI=1S/C23H19ClIN5OS/c1-3-14-4-7-16(8-5-14)30-28-20-10-13(2)19(12-21(20)29-30)26-23(32)27-22(31)17-11-15(25)6-9-18(17)24/h4-12H,3H2,1-2H3,(H2,26,27,31,32). The summed E-state index contributed by atoms with van der Waals surface area (Å²) in [6, 6.07) is 17.2. The fourth-order valence-corrected chi connectivity index (χ4v) is 4.08. The van der Waals surface area contributed by atoms with E-state index in [0.717, 1.165) is 32.4 Å². The number of aromatic nitrogens is 3. The maximum atomic E-state index is 12.6. The quantitative estimate of drug-likeness (QED) is 0.242. The van der Waals surface area contributed by atoms with Gasteiger partial charge >= 0.3 is 0 Å². The first-order valence-electron chi connectivity index (χ1n) is 9.88. The summed E-state index contributed by atoms with van der Waals surface area (Å²) in [6.07, 6.45) is 0.981. The van der Waals surface area contributed by atoms with Crippen LogP contribution in [-0.4, -0.2) is 26.0 Å². The van der Waals surface area contributed by atoms with Crippen molar-refractivity contribution in [2.45, 2.75) is 20.3 Å². The molecule has 0 saturated heterocycles. The normalized spacial score (nSPS) is 10.9. The van der Waals surface area contributed by atoms with E-state index in [1.807, 2.05) is 37.3 Å². The third-order valence-electron chi connectivity index (χ3n) is 4.95. The van der Waals surface area contributed by atoms with Gasteiger partial charge in [0.2, 0.25) is 0 Å². The molecule has 0 atom stereocenters. The molecule has 0 radical (unpaired) electrons. The first-order valence-corrected chi connectivity index (χ1v) is 11.7. The first-order chi connectivity index (χ1) is 15.3. The van der Waals surface area contributed by atoms with Gasteiger partial charge in [0.1, 0.15) is 11.0 Å². The molecule has 0 aliphatic rings. The zero-order chi connectivity index (χ0) is 22.8. The van der Waals surface area contributed by atoms with Gasteiger partial charge in [-0.25, -0.2) is 0 Å². The van der Waals surface area contributed by atoms with Crippen LogP contribution < -0.4 is 10.6 Å². The number of thiocarbonyl (C=S) groups is 1. The van der Waals surface area contributed by atoms with Crippen LogP contribution in [0.4, 0.5) is 5.69 Å². The summed E-state index contributed by atoms with van der Waals surface area (Å²) in [5.41, 5.74) is 5.67. The monoisotopic (exact) mass is 575 g/mol. The zero-order valence-electron chi connectivity index (χ0n) is 17.3. The Morgan fingerprint density at radius 1 is 1.09 bits per heavy atom. The van der Waals surface area contributed by atoms with Gasteiger partial charge in [-0.1, -0.05) is 30.7 Å². The summed E-state index contributed by atoms with van der Waals surface area (Å²) in [6.45, 7) is 4.06. The van der Waals surface area contributed by atoms with Gasteiger partial charge in [0.05, 0.1) is 16.3 Å². The van der Waals surface area contributed by atoms with Crippen molar-refractivity contribution in [2.75, 3.05) is 5.32 Å². The van der Waals surface area contributed by atoms with E-state index in [9.17, 15) is 4.79 Å². The number of amides is 1. The topological polar surface area (TPSA) is 71.8 Å². The highest BCUT2D eigenvalue weighted by Gasteiger charge is 2.14. The van der Waals surface area contributed by atoms with Crippen LogP contribution in [0.2, 0.25) is 5.02 Å². The van der Waals surface area contributed by atoms with E-state index in [0.29, 0.717) is 16.1 Å². The van der Waals surface area contributed by atoms with Gasteiger partial charge in [-0.2, -0.15) is 4.80 Å². The molecule has 6 nitrogen and oxygen atoms in total. The Kier molecular flexibility index (Phi) is 6.73. The Bertz CT molecular complexity index is 1340. The van der Waals surface area contributed by atoms with Crippen LogP contribution in [0.1, 0.15) is 28.4 Å². The summed E-state index contributed by atoms with van der Waals surface area (Å²) in [5.74, 6) is -0.369. The van der Waals surface area contributed by atoms with Crippen molar-refractivity contribution in [3.63, 3.8) is 0 Å². The molecule has 4 aromatic rings. The summed E-state index contributed by atoms with van der Waals surface area (Å²) in [7, 11) is 0. The smallest absolute Gasteiger partial charge is 0.258 e. The molecule has 4 rings (SSSR count). The molecule has 32 heavy (non-hydrogen) atoms. The summed E-state index contributed by atoms with van der Waals surface area (Å²) in [4.78, 5) is 14.2. The van der Waals surface area contributed by atoms with Crippen LogP contribution in [0.25, 0.3) is 16.7 Å². The lowest BCUT2D eigenvalue weighted by Crippen LogP contribution is -2.34. The lowest BCUT2D eigenvalue weighted by atomic mass is 10.2. The SMILES string of the molecule is CCc1ccc(-n2nc3cc(C)c(NC(=S)NC(=O)c4cc(I)ccc4Cl)cc3n2)cc1. The number of aryl methyl sites for hydroxylation is 2. The van der Waals surface area contributed by atoms with Crippen LogP contribution in [0.15, 0.2) is 54.6 Å². The van der Waals surface area contributed by atoms with Crippen LogP contribution >= 0.6 is 46.4 Å². The number of benzene rings is 3. The Morgan fingerprint density at radius 3 is 2.47 bits per heavy atom.